The van der Waals surface area contributed by atoms with E-state index < -0.39 is 11.6 Å². The fraction of sp³-hybridized carbons (Fsp3) is 0.0909. The summed E-state index contributed by atoms with van der Waals surface area (Å²) in [7, 11) is 1.59. The van der Waals surface area contributed by atoms with Crippen molar-refractivity contribution in [2.75, 3.05) is 18.6 Å². The number of anilines is 2. The van der Waals surface area contributed by atoms with Crippen LogP contribution in [0.3, 0.4) is 0 Å². The van der Waals surface area contributed by atoms with Crippen molar-refractivity contribution in [1.82, 2.24) is 19.5 Å². The van der Waals surface area contributed by atoms with Crippen molar-refractivity contribution in [2.24, 2.45) is 0 Å². The summed E-state index contributed by atoms with van der Waals surface area (Å²) >= 11 is 0. The zero-order valence-corrected chi connectivity index (χ0v) is 23.5. The molecule has 3 aromatic heterocycles. The highest BCUT2D eigenvalue weighted by molar-refractivity contribution is 5.96. The number of halogens is 1. The van der Waals surface area contributed by atoms with Crippen molar-refractivity contribution in [3.8, 4) is 39.6 Å². The lowest BCUT2D eigenvalue weighted by Gasteiger charge is -2.15. The third kappa shape index (κ3) is 5.98. The predicted molar refractivity (Wildman–Crippen MR) is 167 cm³/mol. The van der Waals surface area contributed by atoms with Crippen LogP contribution in [-0.2, 0) is 6.42 Å². The molecule has 216 valence electrons. The van der Waals surface area contributed by atoms with E-state index in [0.29, 0.717) is 22.4 Å². The van der Waals surface area contributed by atoms with Gasteiger partial charge in [0.2, 0.25) is 11.8 Å². The first kappa shape index (κ1) is 28.7. The fourth-order valence-corrected chi connectivity index (χ4v) is 4.78. The molecular weight excluding hydrogens is 547 g/mol. The molecule has 0 atom stereocenters. The lowest BCUT2D eigenvalue weighted by molar-refractivity contribution is 0.398. The Morgan fingerprint density at radius 1 is 0.907 bits per heavy atom. The van der Waals surface area contributed by atoms with Crippen molar-refractivity contribution >= 4 is 22.5 Å². The number of nitrogens with two attached hydrogens (primary N) is 2. The number of nitrogens with zero attached hydrogens (tertiary/aromatic N) is 4. The van der Waals surface area contributed by atoms with Gasteiger partial charge in [0.05, 0.1) is 12.5 Å². The standard InChI is InChI=1S/C23H20N2O2.C10H9FN4O/c1-3-18-14-17-8-7-11-20(16-12-13-24-21(15-16)27-2)22(17)23(26)25(18)19-9-5-4-6-10-19;11-7-2-1-5(3-8(7)16)6-4-14-10(13)15-9(6)12/h4-15H,3H2,1-2H3;1-4,16H,(H4,12,13,14,15). The number of methoxy groups -OCH3 is 1. The molecule has 3 heterocycles. The van der Waals surface area contributed by atoms with Crippen LogP contribution >= 0.6 is 0 Å². The van der Waals surface area contributed by atoms with Crippen LogP contribution in [0.1, 0.15) is 12.6 Å². The number of pyridine rings is 2. The average Bonchev–Trinajstić information content (AvgIpc) is 3.03. The summed E-state index contributed by atoms with van der Waals surface area (Å²) in [4.78, 5) is 25.3. The Balaban J connectivity index is 0.000000196. The third-order valence-electron chi connectivity index (χ3n) is 6.85. The first-order valence-corrected chi connectivity index (χ1v) is 13.4. The lowest BCUT2D eigenvalue weighted by Crippen LogP contribution is -2.22. The van der Waals surface area contributed by atoms with E-state index >= 15 is 0 Å². The first-order valence-electron chi connectivity index (χ1n) is 13.4. The summed E-state index contributed by atoms with van der Waals surface area (Å²) in [5.41, 5.74) is 15.6. The van der Waals surface area contributed by atoms with Gasteiger partial charge >= 0.3 is 0 Å². The van der Waals surface area contributed by atoms with Gasteiger partial charge in [-0.1, -0.05) is 49.4 Å². The van der Waals surface area contributed by atoms with E-state index in [4.69, 9.17) is 16.2 Å². The van der Waals surface area contributed by atoms with Crippen molar-refractivity contribution in [2.45, 2.75) is 13.3 Å². The number of aromatic nitrogens is 4. The molecule has 0 bridgehead atoms. The smallest absolute Gasteiger partial charge is 0.263 e. The summed E-state index contributed by atoms with van der Waals surface area (Å²) in [5.74, 6) is -0.378. The second-order valence-corrected chi connectivity index (χ2v) is 9.52. The number of hydrogen-bond acceptors (Lipinski definition) is 8. The molecule has 3 aromatic carbocycles. The molecule has 0 saturated carbocycles. The predicted octanol–water partition coefficient (Wildman–Crippen LogP) is 5.78. The van der Waals surface area contributed by atoms with Crippen LogP contribution in [0.25, 0.3) is 38.7 Å². The summed E-state index contributed by atoms with van der Waals surface area (Å²) < 4.78 is 19.9. The van der Waals surface area contributed by atoms with Crippen molar-refractivity contribution in [3.05, 3.63) is 119 Å². The molecule has 9 nitrogen and oxygen atoms in total. The minimum atomic E-state index is -0.696. The van der Waals surface area contributed by atoms with E-state index in [1.165, 1.54) is 18.3 Å². The van der Waals surface area contributed by atoms with Gasteiger partial charge in [0, 0.05) is 35.4 Å². The highest BCUT2D eigenvalue weighted by Crippen LogP contribution is 2.30. The number of benzene rings is 3. The summed E-state index contributed by atoms with van der Waals surface area (Å²) in [6.45, 7) is 2.07. The van der Waals surface area contributed by atoms with E-state index in [1.807, 2.05) is 65.2 Å². The lowest BCUT2D eigenvalue weighted by atomic mass is 9.99. The maximum atomic E-state index is 13.6. The quantitative estimate of drug-likeness (QED) is 0.235. The molecular formula is C33H29FN6O3. The van der Waals surface area contributed by atoms with Gasteiger partial charge in [-0.3, -0.25) is 9.36 Å². The molecule has 0 fully saturated rings. The molecule has 0 unspecified atom stereocenters. The normalized spacial score (nSPS) is 10.7. The van der Waals surface area contributed by atoms with Gasteiger partial charge in [-0.15, -0.1) is 0 Å². The molecule has 0 radical (unpaired) electrons. The van der Waals surface area contributed by atoms with Gasteiger partial charge < -0.3 is 21.3 Å². The number of fused-ring (bicyclic) bond motifs is 1. The van der Waals surface area contributed by atoms with E-state index in [-0.39, 0.29) is 17.3 Å². The maximum absolute atomic E-state index is 13.6. The molecule has 43 heavy (non-hydrogen) atoms. The van der Waals surface area contributed by atoms with Gasteiger partial charge in [0.1, 0.15) is 5.82 Å². The molecule has 0 aliphatic heterocycles. The monoisotopic (exact) mass is 576 g/mol. The number of rotatable bonds is 5. The van der Waals surface area contributed by atoms with E-state index in [2.05, 4.69) is 27.9 Å². The Kier molecular flexibility index (Phi) is 8.29. The molecule has 5 N–H and O–H groups in total. The number of para-hydroxylation sites is 1. The van der Waals surface area contributed by atoms with Crippen LogP contribution in [0.2, 0.25) is 0 Å². The Labute approximate surface area is 246 Å². The van der Waals surface area contributed by atoms with Crippen LogP contribution in [0, 0.1) is 5.82 Å². The number of phenols is 1. The van der Waals surface area contributed by atoms with Crippen molar-refractivity contribution in [1.29, 1.82) is 0 Å². The van der Waals surface area contributed by atoms with Gasteiger partial charge in [-0.05, 0) is 64.9 Å². The number of aryl methyl sites for hydroxylation is 1. The summed E-state index contributed by atoms with van der Waals surface area (Å²) in [6.07, 6.45) is 3.89. The zero-order valence-electron chi connectivity index (χ0n) is 23.5. The molecule has 0 aliphatic rings. The topological polar surface area (TPSA) is 142 Å². The molecule has 0 amide bonds. The van der Waals surface area contributed by atoms with Gasteiger partial charge in [0.25, 0.3) is 5.56 Å². The van der Waals surface area contributed by atoms with E-state index in [1.54, 1.807) is 13.3 Å². The molecule has 6 aromatic rings. The van der Waals surface area contributed by atoms with E-state index in [9.17, 15) is 14.3 Å². The second kappa shape index (κ2) is 12.4. The van der Waals surface area contributed by atoms with Crippen molar-refractivity contribution < 1.29 is 14.2 Å². The van der Waals surface area contributed by atoms with E-state index in [0.717, 1.165) is 40.4 Å². The molecule has 10 heteroatoms. The molecule has 6 rings (SSSR count). The summed E-state index contributed by atoms with van der Waals surface area (Å²) in [6, 6.07) is 25.4. The van der Waals surface area contributed by atoms with Gasteiger partial charge in [-0.2, -0.15) is 4.98 Å². The molecule has 0 aliphatic carbocycles. The minimum absolute atomic E-state index is 0.0121. The van der Waals surface area contributed by atoms with Crippen LogP contribution in [-0.4, -0.2) is 31.7 Å². The Bertz CT molecular complexity index is 1980. The molecule has 0 spiro atoms. The molecule has 0 saturated heterocycles. The van der Waals surface area contributed by atoms with Gasteiger partial charge in [0.15, 0.2) is 11.6 Å². The number of nitrogen functional groups attached to an aromatic ring is 2. The van der Waals surface area contributed by atoms with Crippen LogP contribution in [0.4, 0.5) is 16.2 Å². The Hall–Kier alpha value is -5.77. The van der Waals surface area contributed by atoms with Crippen LogP contribution in [0.15, 0.2) is 102 Å². The van der Waals surface area contributed by atoms with Crippen LogP contribution < -0.4 is 21.8 Å². The van der Waals surface area contributed by atoms with Gasteiger partial charge in [-0.25, -0.2) is 14.4 Å². The van der Waals surface area contributed by atoms with Crippen molar-refractivity contribution in [3.63, 3.8) is 0 Å². The number of aromatic hydroxyl groups is 1. The number of phenolic OH excluding ortho intramolecular Hbond substituents is 1. The minimum Gasteiger partial charge on any atom is -0.505 e. The Morgan fingerprint density at radius 2 is 1.67 bits per heavy atom. The number of ether oxygens (including phenoxy) is 1. The summed E-state index contributed by atoms with van der Waals surface area (Å²) in [5, 5.41) is 10.9. The second-order valence-electron chi connectivity index (χ2n) is 9.52. The Morgan fingerprint density at radius 3 is 2.37 bits per heavy atom. The maximum Gasteiger partial charge on any atom is 0.263 e. The zero-order chi connectivity index (χ0) is 30.5. The highest BCUT2D eigenvalue weighted by atomic mass is 19.1. The fourth-order valence-electron chi connectivity index (χ4n) is 4.78. The number of hydrogen-bond donors (Lipinski definition) is 3. The third-order valence-corrected chi connectivity index (χ3v) is 6.85. The SMILES string of the molecule is CCc1cc2cccc(-c3ccnc(OC)c3)c2c(=O)n1-c1ccccc1.Nc1ncc(-c2ccc(F)c(O)c2)c(N)n1. The average molecular weight is 577 g/mol. The largest absolute Gasteiger partial charge is 0.505 e. The highest BCUT2D eigenvalue weighted by Gasteiger charge is 2.15. The van der Waals surface area contributed by atoms with Crippen LogP contribution in [0.5, 0.6) is 11.6 Å². The first-order chi connectivity index (χ1) is 20.8.